The van der Waals surface area contributed by atoms with Gasteiger partial charge in [0, 0.05) is 13.1 Å². The molecule has 0 unspecified atom stereocenters. The predicted octanol–water partition coefficient (Wildman–Crippen LogP) is 1.98. The number of sulfonamides is 1. The Morgan fingerprint density at radius 2 is 2.00 bits per heavy atom. The molecule has 1 rings (SSSR count). The van der Waals surface area contributed by atoms with E-state index in [1.54, 1.807) is 6.92 Å². The lowest BCUT2D eigenvalue weighted by atomic mass is 10.2. The average molecular weight is 289 g/mol. The summed E-state index contributed by atoms with van der Waals surface area (Å²) in [4.78, 5) is -0.374. The van der Waals surface area contributed by atoms with Crippen LogP contribution in [0, 0.1) is 11.7 Å². The van der Waals surface area contributed by atoms with E-state index >= 15 is 0 Å². The first-order valence-electron chi connectivity index (χ1n) is 6.22. The number of nitrogens with zero attached hydrogens (tertiary/aromatic N) is 1. The third kappa shape index (κ3) is 3.75. The standard InChI is InChI=1S/C13H20FNO3S/c1-4-15(8-10(2)3)19(17,18)13-7-11(9-16)5-6-12(13)14/h5-7,10,16H,4,8-9H2,1-3H3. The maximum atomic E-state index is 13.7. The number of halogens is 1. The zero-order valence-electron chi connectivity index (χ0n) is 11.4. The van der Waals surface area contributed by atoms with Crippen molar-refractivity contribution in [2.24, 2.45) is 5.92 Å². The highest BCUT2D eigenvalue weighted by atomic mass is 32.2. The van der Waals surface area contributed by atoms with Gasteiger partial charge in [-0.2, -0.15) is 4.31 Å². The maximum Gasteiger partial charge on any atom is 0.245 e. The Bertz CT molecular complexity index is 529. The molecule has 19 heavy (non-hydrogen) atoms. The maximum absolute atomic E-state index is 13.7. The summed E-state index contributed by atoms with van der Waals surface area (Å²) in [6.45, 7) is 5.81. The fraction of sp³-hybridized carbons (Fsp3) is 0.538. The molecule has 1 N–H and O–H groups in total. The fourth-order valence-electron chi connectivity index (χ4n) is 1.79. The van der Waals surface area contributed by atoms with Gasteiger partial charge < -0.3 is 5.11 Å². The number of aliphatic hydroxyl groups is 1. The minimum Gasteiger partial charge on any atom is -0.392 e. The molecule has 108 valence electrons. The van der Waals surface area contributed by atoms with Crippen LogP contribution < -0.4 is 0 Å². The van der Waals surface area contributed by atoms with Crippen molar-refractivity contribution in [1.29, 1.82) is 0 Å². The molecule has 4 nitrogen and oxygen atoms in total. The summed E-state index contributed by atoms with van der Waals surface area (Å²) in [7, 11) is -3.86. The molecule has 0 spiro atoms. The fourth-order valence-corrected chi connectivity index (χ4v) is 3.51. The smallest absolute Gasteiger partial charge is 0.245 e. The van der Waals surface area contributed by atoms with E-state index in [9.17, 15) is 12.8 Å². The Hall–Kier alpha value is -0.980. The Morgan fingerprint density at radius 1 is 1.37 bits per heavy atom. The van der Waals surface area contributed by atoms with Crippen LogP contribution in [0.1, 0.15) is 26.3 Å². The molecule has 0 heterocycles. The van der Waals surface area contributed by atoms with Crippen molar-refractivity contribution in [2.75, 3.05) is 13.1 Å². The van der Waals surface area contributed by atoms with Crippen LogP contribution in [0.25, 0.3) is 0 Å². The van der Waals surface area contributed by atoms with Crippen molar-refractivity contribution >= 4 is 10.0 Å². The van der Waals surface area contributed by atoms with E-state index in [4.69, 9.17) is 5.11 Å². The minimum absolute atomic E-state index is 0.152. The minimum atomic E-state index is -3.86. The van der Waals surface area contributed by atoms with Crippen LogP contribution >= 0.6 is 0 Å². The lowest BCUT2D eigenvalue weighted by Gasteiger charge is -2.22. The lowest BCUT2D eigenvalue weighted by Crippen LogP contribution is -2.34. The van der Waals surface area contributed by atoms with Gasteiger partial charge in [0.25, 0.3) is 0 Å². The third-order valence-electron chi connectivity index (χ3n) is 2.72. The second-order valence-corrected chi connectivity index (χ2v) is 6.68. The number of hydrogen-bond acceptors (Lipinski definition) is 3. The molecule has 0 saturated heterocycles. The van der Waals surface area contributed by atoms with Crippen LogP contribution in [0.3, 0.4) is 0 Å². The van der Waals surface area contributed by atoms with Gasteiger partial charge in [-0.1, -0.05) is 26.8 Å². The summed E-state index contributed by atoms with van der Waals surface area (Å²) in [5.41, 5.74) is 0.376. The van der Waals surface area contributed by atoms with Crippen molar-refractivity contribution in [1.82, 2.24) is 4.31 Å². The zero-order chi connectivity index (χ0) is 14.6. The predicted molar refractivity (Wildman–Crippen MR) is 71.6 cm³/mol. The molecule has 0 radical (unpaired) electrons. The molecular weight excluding hydrogens is 269 g/mol. The first-order valence-corrected chi connectivity index (χ1v) is 7.66. The van der Waals surface area contributed by atoms with Gasteiger partial charge in [-0.15, -0.1) is 0 Å². The molecule has 6 heteroatoms. The number of benzene rings is 1. The summed E-state index contributed by atoms with van der Waals surface area (Å²) in [5.74, 6) is -0.641. The SMILES string of the molecule is CCN(CC(C)C)S(=O)(=O)c1cc(CO)ccc1F. The molecule has 1 aromatic rings. The monoisotopic (exact) mass is 289 g/mol. The zero-order valence-corrected chi connectivity index (χ0v) is 12.2. The van der Waals surface area contributed by atoms with Crippen LogP contribution in [-0.2, 0) is 16.6 Å². The van der Waals surface area contributed by atoms with Gasteiger partial charge in [0.05, 0.1) is 6.61 Å². The van der Waals surface area contributed by atoms with Crippen molar-refractivity contribution in [2.45, 2.75) is 32.3 Å². The van der Waals surface area contributed by atoms with Crippen LogP contribution in [0.5, 0.6) is 0 Å². The molecule has 0 saturated carbocycles. The van der Waals surface area contributed by atoms with E-state index in [0.29, 0.717) is 12.1 Å². The van der Waals surface area contributed by atoms with Gasteiger partial charge in [-0.05, 0) is 23.6 Å². The van der Waals surface area contributed by atoms with E-state index in [-0.39, 0.29) is 24.0 Å². The largest absolute Gasteiger partial charge is 0.392 e. The van der Waals surface area contributed by atoms with Gasteiger partial charge in [-0.25, -0.2) is 12.8 Å². The van der Waals surface area contributed by atoms with Crippen LogP contribution in [0.4, 0.5) is 4.39 Å². The van der Waals surface area contributed by atoms with Gasteiger partial charge in [0.2, 0.25) is 10.0 Å². The first-order chi connectivity index (χ1) is 8.82. The lowest BCUT2D eigenvalue weighted by molar-refractivity contribution is 0.281. The Labute approximate surface area is 113 Å². The second kappa shape index (κ2) is 6.45. The summed E-state index contributed by atoms with van der Waals surface area (Å²) in [6, 6.07) is 3.63. The Balaban J connectivity index is 3.24. The van der Waals surface area contributed by atoms with Crippen LogP contribution in [0.15, 0.2) is 23.1 Å². The molecule has 0 aliphatic carbocycles. The van der Waals surface area contributed by atoms with Gasteiger partial charge in [-0.3, -0.25) is 0 Å². The van der Waals surface area contributed by atoms with E-state index < -0.39 is 15.8 Å². The molecule has 0 aromatic heterocycles. The number of aliphatic hydroxyl groups excluding tert-OH is 1. The summed E-state index contributed by atoms with van der Waals surface area (Å²) in [5, 5.41) is 9.03. The number of hydrogen-bond donors (Lipinski definition) is 1. The highest BCUT2D eigenvalue weighted by Crippen LogP contribution is 2.21. The second-order valence-electron chi connectivity index (χ2n) is 4.77. The molecule has 1 aromatic carbocycles. The average Bonchev–Trinajstić information content (AvgIpc) is 2.35. The Kier molecular flexibility index (Phi) is 5.46. The van der Waals surface area contributed by atoms with Crippen LogP contribution in [-0.4, -0.2) is 30.9 Å². The Morgan fingerprint density at radius 3 is 2.47 bits per heavy atom. The van der Waals surface area contributed by atoms with E-state index in [0.717, 1.165) is 6.07 Å². The van der Waals surface area contributed by atoms with Crippen molar-refractivity contribution in [3.05, 3.63) is 29.6 Å². The van der Waals surface area contributed by atoms with E-state index in [2.05, 4.69) is 0 Å². The third-order valence-corrected chi connectivity index (χ3v) is 4.67. The molecule has 0 aliphatic rings. The van der Waals surface area contributed by atoms with Crippen molar-refractivity contribution in [3.8, 4) is 0 Å². The van der Waals surface area contributed by atoms with E-state index in [1.807, 2.05) is 13.8 Å². The molecule has 0 aliphatic heterocycles. The molecule has 0 bridgehead atoms. The highest BCUT2D eigenvalue weighted by molar-refractivity contribution is 7.89. The van der Waals surface area contributed by atoms with Crippen LogP contribution in [0.2, 0.25) is 0 Å². The quantitative estimate of drug-likeness (QED) is 0.871. The normalized spacial score (nSPS) is 12.4. The summed E-state index contributed by atoms with van der Waals surface area (Å²) >= 11 is 0. The summed E-state index contributed by atoms with van der Waals surface area (Å²) in [6.07, 6.45) is 0. The van der Waals surface area contributed by atoms with Crippen molar-refractivity contribution in [3.63, 3.8) is 0 Å². The topological polar surface area (TPSA) is 57.6 Å². The van der Waals surface area contributed by atoms with Gasteiger partial charge >= 0.3 is 0 Å². The molecular formula is C13H20FNO3S. The first kappa shape index (κ1) is 16.1. The number of rotatable bonds is 6. The summed E-state index contributed by atoms with van der Waals surface area (Å²) < 4.78 is 39.8. The molecule has 0 amide bonds. The molecule has 0 fully saturated rings. The highest BCUT2D eigenvalue weighted by Gasteiger charge is 2.27. The van der Waals surface area contributed by atoms with Gasteiger partial charge in [0.15, 0.2) is 0 Å². The van der Waals surface area contributed by atoms with E-state index in [1.165, 1.54) is 16.4 Å². The van der Waals surface area contributed by atoms with Crippen molar-refractivity contribution < 1.29 is 17.9 Å². The van der Waals surface area contributed by atoms with Gasteiger partial charge in [0.1, 0.15) is 10.7 Å². The molecule has 0 atom stereocenters.